The molecule has 3 N–H and O–H groups in total. The zero-order valence-corrected chi connectivity index (χ0v) is 21.6. The average Bonchev–Trinajstić information content (AvgIpc) is 3.31. The highest BCUT2D eigenvalue weighted by Gasteiger charge is 2.30. The fourth-order valence-corrected chi connectivity index (χ4v) is 4.69. The van der Waals surface area contributed by atoms with Gasteiger partial charge in [0.15, 0.2) is 0 Å². The zero-order chi connectivity index (χ0) is 26.6. The van der Waals surface area contributed by atoms with E-state index in [-0.39, 0.29) is 34.9 Å². The molecule has 2 atom stereocenters. The number of carbonyl (C=O) groups is 2. The van der Waals surface area contributed by atoms with E-state index in [4.69, 9.17) is 9.47 Å². The van der Waals surface area contributed by atoms with Crippen LogP contribution in [0.15, 0.2) is 30.5 Å². The first kappa shape index (κ1) is 25.9. The van der Waals surface area contributed by atoms with Crippen molar-refractivity contribution in [3.05, 3.63) is 41.6 Å². The first-order chi connectivity index (χ1) is 17.7. The van der Waals surface area contributed by atoms with E-state index < -0.39 is 11.6 Å². The van der Waals surface area contributed by atoms with Crippen molar-refractivity contribution in [3.63, 3.8) is 0 Å². The number of ether oxygens (including phenoxy) is 2. The minimum Gasteiger partial charge on any atom is -0.465 e. The number of fused-ring (bicyclic) bond motifs is 1. The summed E-state index contributed by atoms with van der Waals surface area (Å²) >= 11 is 0. The van der Waals surface area contributed by atoms with Gasteiger partial charge in [-0.15, -0.1) is 0 Å². The largest absolute Gasteiger partial charge is 0.465 e. The fourth-order valence-electron chi connectivity index (χ4n) is 4.69. The Hall–Kier alpha value is -4.13. The third-order valence-corrected chi connectivity index (χ3v) is 6.33. The summed E-state index contributed by atoms with van der Waals surface area (Å²) in [6, 6.07) is 9.18. The van der Waals surface area contributed by atoms with Crippen molar-refractivity contribution in [1.29, 1.82) is 5.26 Å². The molecule has 4 rings (SSSR count). The number of H-pyrrole nitrogens is 1. The number of aromatic nitrogens is 3. The number of hydrogen-bond acceptors (Lipinski definition) is 9. The Morgan fingerprint density at radius 1 is 1.22 bits per heavy atom. The number of carbonyl (C=O) groups excluding carboxylic acids is 2. The number of methoxy groups -OCH3 is 1. The van der Waals surface area contributed by atoms with Gasteiger partial charge in [0.25, 0.3) is 0 Å². The third-order valence-electron chi connectivity index (χ3n) is 6.33. The third kappa shape index (κ3) is 6.36. The van der Waals surface area contributed by atoms with E-state index in [0.29, 0.717) is 17.9 Å². The van der Waals surface area contributed by atoms with E-state index in [1.165, 1.54) is 7.11 Å². The van der Waals surface area contributed by atoms with Crippen molar-refractivity contribution in [2.24, 2.45) is 5.92 Å². The van der Waals surface area contributed by atoms with Gasteiger partial charge in [0.05, 0.1) is 30.8 Å². The summed E-state index contributed by atoms with van der Waals surface area (Å²) in [7, 11) is 1.26. The molecule has 3 aromatic rings. The normalized spacial score (nSPS) is 17.6. The molecule has 10 heteroatoms. The van der Waals surface area contributed by atoms with Gasteiger partial charge in [-0.3, -0.25) is 9.89 Å². The van der Waals surface area contributed by atoms with Crippen LogP contribution in [0.4, 0.5) is 17.3 Å². The number of nitrogens with zero attached hydrogens (tertiary/aromatic N) is 3. The van der Waals surface area contributed by atoms with Crippen LogP contribution >= 0.6 is 0 Å². The van der Waals surface area contributed by atoms with E-state index in [9.17, 15) is 14.9 Å². The minimum absolute atomic E-state index is 0.0292. The molecule has 0 spiro atoms. The number of benzene rings is 1. The molecule has 10 nitrogen and oxygen atoms in total. The van der Waals surface area contributed by atoms with Gasteiger partial charge in [0.2, 0.25) is 0 Å². The number of anilines is 3. The first-order valence-corrected chi connectivity index (χ1v) is 12.4. The molecule has 2 heterocycles. The number of esters is 2. The number of aromatic amines is 1. The van der Waals surface area contributed by atoms with Crippen molar-refractivity contribution >= 4 is 40.2 Å². The van der Waals surface area contributed by atoms with Crippen LogP contribution in [0.1, 0.15) is 68.8 Å². The lowest BCUT2D eigenvalue weighted by atomic mass is 9.82. The molecule has 1 fully saturated rings. The van der Waals surface area contributed by atoms with Crippen molar-refractivity contribution in [2.75, 3.05) is 17.7 Å². The average molecular weight is 505 g/mol. The van der Waals surface area contributed by atoms with E-state index in [1.807, 2.05) is 39.0 Å². The van der Waals surface area contributed by atoms with Gasteiger partial charge >= 0.3 is 11.9 Å². The van der Waals surface area contributed by atoms with Gasteiger partial charge in [-0.1, -0.05) is 12.8 Å². The predicted molar refractivity (Wildman–Crippen MR) is 139 cm³/mol. The first-order valence-electron chi connectivity index (χ1n) is 12.4. The molecular formula is C27H32N6O4. The summed E-state index contributed by atoms with van der Waals surface area (Å²) in [5.74, 6) is -0.187. The molecule has 2 aromatic heterocycles. The smallest absolute Gasteiger partial charge is 0.343 e. The Morgan fingerprint density at radius 3 is 2.73 bits per heavy atom. The lowest BCUT2D eigenvalue weighted by molar-refractivity contribution is -0.156. The Kier molecular flexibility index (Phi) is 7.62. The minimum atomic E-state index is -0.666. The van der Waals surface area contributed by atoms with Crippen molar-refractivity contribution in [2.45, 2.75) is 64.5 Å². The highest BCUT2D eigenvalue weighted by atomic mass is 16.6. The van der Waals surface area contributed by atoms with Gasteiger partial charge in [-0.25, -0.2) is 9.78 Å². The standard InChI is InChI=1S/C27H32N6O4/c1-27(2,3)37-23(34)12-16-7-5-6-8-20(16)31-22-11-18(14-28)24(26(35)36-4)25(32-22)30-19-10-9-17-15-29-33-21(17)13-19/h9-11,13,15-16,20H,5-8,12H2,1-4H3,(H,29,33)(H2,30,31,32)/t16-,20-/m1/s1. The Bertz CT molecular complexity index is 1340. The lowest BCUT2D eigenvalue weighted by Crippen LogP contribution is -2.35. The van der Waals surface area contributed by atoms with Crippen molar-refractivity contribution in [1.82, 2.24) is 15.2 Å². The second-order valence-corrected chi connectivity index (χ2v) is 10.3. The number of rotatable bonds is 7. The SMILES string of the molecule is COC(=O)c1c(C#N)cc(N[C@@H]2CCCC[C@@H]2CC(=O)OC(C)(C)C)nc1Nc1ccc2cn[nH]c2c1. The highest BCUT2D eigenvalue weighted by molar-refractivity contribution is 5.99. The Labute approximate surface area is 215 Å². The molecule has 0 saturated heterocycles. The molecule has 0 amide bonds. The molecule has 1 aromatic carbocycles. The van der Waals surface area contributed by atoms with Crippen LogP contribution in [0.5, 0.6) is 0 Å². The molecule has 194 valence electrons. The second kappa shape index (κ2) is 10.9. The van der Waals surface area contributed by atoms with Crippen LogP contribution < -0.4 is 10.6 Å². The Balaban J connectivity index is 1.63. The number of hydrogen-bond donors (Lipinski definition) is 3. The van der Waals surface area contributed by atoms with E-state index >= 15 is 0 Å². The number of nitrogens with one attached hydrogen (secondary N) is 3. The molecule has 0 aliphatic heterocycles. The number of nitriles is 1. The Morgan fingerprint density at radius 2 is 2.00 bits per heavy atom. The van der Waals surface area contributed by atoms with Crippen LogP contribution in [0, 0.1) is 17.2 Å². The molecule has 1 aliphatic carbocycles. The summed E-state index contributed by atoms with van der Waals surface area (Å²) in [5, 5.41) is 24.3. The maximum atomic E-state index is 12.6. The van der Waals surface area contributed by atoms with E-state index in [1.54, 1.807) is 12.3 Å². The van der Waals surface area contributed by atoms with Crippen LogP contribution in [-0.2, 0) is 14.3 Å². The van der Waals surface area contributed by atoms with Crippen LogP contribution in [0.2, 0.25) is 0 Å². The van der Waals surface area contributed by atoms with Gasteiger partial charge in [-0.2, -0.15) is 10.4 Å². The lowest BCUT2D eigenvalue weighted by Gasteiger charge is -2.33. The van der Waals surface area contributed by atoms with Crippen LogP contribution in [0.3, 0.4) is 0 Å². The molecule has 0 bridgehead atoms. The molecule has 0 unspecified atom stereocenters. The van der Waals surface area contributed by atoms with Gasteiger partial charge < -0.3 is 20.1 Å². The zero-order valence-electron chi connectivity index (χ0n) is 21.6. The quantitative estimate of drug-likeness (QED) is 0.376. The van der Waals surface area contributed by atoms with E-state index in [0.717, 1.165) is 36.6 Å². The molecule has 1 saturated carbocycles. The number of pyridine rings is 1. The highest BCUT2D eigenvalue weighted by Crippen LogP contribution is 2.32. The monoisotopic (exact) mass is 504 g/mol. The summed E-state index contributed by atoms with van der Waals surface area (Å²) in [5.41, 5.74) is 1.12. The fraction of sp³-hybridized carbons (Fsp3) is 0.444. The molecule has 0 radical (unpaired) electrons. The van der Waals surface area contributed by atoms with Gasteiger partial charge in [-0.05, 0) is 63.8 Å². The van der Waals surface area contributed by atoms with E-state index in [2.05, 4.69) is 31.9 Å². The maximum Gasteiger partial charge on any atom is 0.343 e. The van der Waals surface area contributed by atoms with Crippen LogP contribution in [0.25, 0.3) is 10.9 Å². The molecule has 1 aliphatic rings. The van der Waals surface area contributed by atoms with Crippen LogP contribution in [-0.4, -0.2) is 45.9 Å². The summed E-state index contributed by atoms with van der Waals surface area (Å²) in [4.78, 5) is 29.8. The molecular weight excluding hydrogens is 472 g/mol. The summed E-state index contributed by atoms with van der Waals surface area (Å²) in [6.07, 6.45) is 5.81. The van der Waals surface area contributed by atoms with Gasteiger partial charge in [0.1, 0.15) is 28.9 Å². The molecule has 37 heavy (non-hydrogen) atoms. The van der Waals surface area contributed by atoms with Crippen molar-refractivity contribution < 1.29 is 19.1 Å². The van der Waals surface area contributed by atoms with Gasteiger partial charge in [0, 0.05) is 17.1 Å². The summed E-state index contributed by atoms with van der Waals surface area (Å²) < 4.78 is 10.5. The van der Waals surface area contributed by atoms with Crippen molar-refractivity contribution in [3.8, 4) is 6.07 Å². The topological polar surface area (TPSA) is 142 Å². The maximum absolute atomic E-state index is 12.6. The summed E-state index contributed by atoms with van der Waals surface area (Å²) in [6.45, 7) is 5.57. The predicted octanol–water partition coefficient (Wildman–Crippen LogP) is 5.06. The second-order valence-electron chi connectivity index (χ2n) is 10.3.